The van der Waals surface area contributed by atoms with E-state index < -0.39 is 16.1 Å². The van der Waals surface area contributed by atoms with Gasteiger partial charge in [0.1, 0.15) is 6.04 Å². The Bertz CT molecular complexity index is 1010. The lowest BCUT2D eigenvalue weighted by Gasteiger charge is -2.28. The van der Waals surface area contributed by atoms with Crippen molar-refractivity contribution in [1.82, 2.24) is 10.0 Å². The van der Waals surface area contributed by atoms with Gasteiger partial charge in [-0.2, -0.15) is 0 Å². The van der Waals surface area contributed by atoms with Gasteiger partial charge in [0.2, 0.25) is 21.8 Å². The average molecular weight is 458 g/mol. The molecule has 0 saturated heterocycles. The lowest BCUT2D eigenvalue weighted by Crippen LogP contribution is -2.45. The van der Waals surface area contributed by atoms with Gasteiger partial charge < -0.3 is 10.6 Å². The van der Waals surface area contributed by atoms with Crippen LogP contribution in [0.4, 0.5) is 5.69 Å². The van der Waals surface area contributed by atoms with Crippen LogP contribution in [0.5, 0.6) is 0 Å². The highest BCUT2D eigenvalue weighted by atomic mass is 32.2. The van der Waals surface area contributed by atoms with E-state index in [4.69, 9.17) is 0 Å². The van der Waals surface area contributed by atoms with E-state index in [2.05, 4.69) is 15.4 Å². The largest absolute Gasteiger partial charge is 0.344 e. The molecule has 1 aliphatic rings. The molecule has 1 unspecified atom stereocenters. The number of carbonyl (C=O) groups is 2. The lowest BCUT2D eigenvalue weighted by molar-refractivity contribution is -0.129. The van der Waals surface area contributed by atoms with Crippen LogP contribution in [0.1, 0.15) is 38.2 Å². The van der Waals surface area contributed by atoms with Crippen molar-refractivity contribution in [2.75, 3.05) is 11.9 Å². The molecule has 1 saturated carbocycles. The van der Waals surface area contributed by atoms with Crippen molar-refractivity contribution in [3.05, 3.63) is 60.2 Å². The number of hydrogen-bond acceptors (Lipinski definition) is 4. The minimum absolute atomic E-state index is 0.125. The number of anilines is 1. The van der Waals surface area contributed by atoms with E-state index in [1.165, 1.54) is 0 Å². The molecule has 172 valence electrons. The van der Waals surface area contributed by atoms with E-state index in [0.717, 1.165) is 18.4 Å². The standard InChI is InChI=1S/C24H31N3O4S/c1-17-8-14-21(15-9-17)27-23(28)18(2)26-24(29)20-12-10-19(11-13-20)16-25-32(30,31)22-6-4-3-5-7-22/h3-9,14-15,18-20,25H,10-13,16H2,1-2H3,(H,26,29)(H,27,28). The molecule has 0 spiro atoms. The van der Waals surface area contributed by atoms with Crippen molar-refractivity contribution >= 4 is 27.5 Å². The number of amides is 2. The Kier molecular flexibility index (Phi) is 8.04. The number of aryl methyl sites for hydroxylation is 1. The smallest absolute Gasteiger partial charge is 0.246 e. The van der Waals surface area contributed by atoms with Gasteiger partial charge >= 0.3 is 0 Å². The highest BCUT2D eigenvalue weighted by Crippen LogP contribution is 2.29. The van der Waals surface area contributed by atoms with Crippen molar-refractivity contribution in [1.29, 1.82) is 0 Å². The highest BCUT2D eigenvalue weighted by molar-refractivity contribution is 7.89. The SMILES string of the molecule is Cc1ccc(NC(=O)C(C)NC(=O)C2CCC(CNS(=O)(=O)c3ccccc3)CC2)cc1. The monoisotopic (exact) mass is 457 g/mol. The molecule has 0 aliphatic heterocycles. The van der Waals surface area contributed by atoms with Crippen molar-refractivity contribution in [3.8, 4) is 0 Å². The zero-order valence-electron chi connectivity index (χ0n) is 18.5. The third-order valence-electron chi connectivity index (χ3n) is 5.90. The molecule has 0 aromatic heterocycles. The number of carbonyl (C=O) groups excluding carboxylic acids is 2. The summed E-state index contributed by atoms with van der Waals surface area (Å²) >= 11 is 0. The van der Waals surface area contributed by atoms with E-state index in [-0.39, 0.29) is 28.5 Å². The minimum atomic E-state index is -3.52. The van der Waals surface area contributed by atoms with Gasteiger partial charge in [0.25, 0.3) is 0 Å². The molecule has 3 rings (SSSR count). The van der Waals surface area contributed by atoms with Gasteiger partial charge in [-0.05, 0) is 69.7 Å². The van der Waals surface area contributed by atoms with Crippen molar-refractivity contribution < 1.29 is 18.0 Å². The zero-order valence-corrected chi connectivity index (χ0v) is 19.3. The maximum Gasteiger partial charge on any atom is 0.246 e. The van der Waals surface area contributed by atoms with Crippen LogP contribution in [0.2, 0.25) is 0 Å². The summed E-state index contributed by atoms with van der Waals surface area (Å²) in [7, 11) is -3.52. The molecular formula is C24H31N3O4S. The molecule has 2 amide bonds. The first kappa shape index (κ1) is 23.9. The minimum Gasteiger partial charge on any atom is -0.344 e. The van der Waals surface area contributed by atoms with E-state index in [9.17, 15) is 18.0 Å². The predicted molar refractivity (Wildman–Crippen MR) is 124 cm³/mol. The van der Waals surface area contributed by atoms with Gasteiger partial charge in [-0.1, -0.05) is 35.9 Å². The molecule has 8 heteroatoms. The topological polar surface area (TPSA) is 104 Å². The Morgan fingerprint density at radius 1 is 0.969 bits per heavy atom. The molecular weight excluding hydrogens is 426 g/mol. The van der Waals surface area contributed by atoms with Crippen LogP contribution in [0.25, 0.3) is 0 Å². The molecule has 2 aromatic carbocycles. The number of rotatable bonds is 8. The molecule has 2 aromatic rings. The van der Waals surface area contributed by atoms with Crippen LogP contribution >= 0.6 is 0 Å². The average Bonchev–Trinajstić information content (AvgIpc) is 2.80. The van der Waals surface area contributed by atoms with Gasteiger partial charge in [-0.25, -0.2) is 13.1 Å². The number of benzene rings is 2. The number of sulfonamides is 1. The van der Waals surface area contributed by atoms with Crippen LogP contribution in [-0.2, 0) is 19.6 Å². The van der Waals surface area contributed by atoms with Crippen molar-refractivity contribution in [2.24, 2.45) is 11.8 Å². The molecule has 32 heavy (non-hydrogen) atoms. The van der Waals surface area contributed by atoms with Gasteiger partial charge in [-0.15, -0.1) is 0 Å². The van der Waals surface area contributed by atoms with Gasteiger partial charge in [0.15, 0.2) is 0 Å². The third-order valence-corrected chi connectivity index (χ3v) is 7.34. The molecule has 1 atom stereocenters. The second-order valence-corrected chi connectivity index (χ2v) is 10.2. The second-order valence-electron chi connectivity index (χ2n) is 8.47. The van der Waals surface area contributed by atoms with Gasteiger partial charge in [-0.3, -0.25) is 9.59 Å². The fourth-order valence-corrected chi connectivity index (χ4v) is 4.96. The van der Waals surface area contributed by atoms with Crippen LogP contribution in [0.15, 0.2) is 59.5 Å². The van der Waals surface area contributed by atoms with Crippen LogP contribution in [0, 0.1) is 18.8 Å². The van der Waals surface area contributed by atoms with E-state index in [0.29, 0.717) is 25.1 Å². The summed E-state index contributed by atoms with van der Waals surface area (Å²) in [5.41, 5.74) is 1.80. The van der Waals surface area contributed by atoms with Gasteiger partial charge in [0, 0.05) is 18.2 Å². The fourth-order valence-electron chi connectivity index (χ4n) is 3.82. The number of hydrogen-bond donors (Lipinski definition) is 3. The highest BCUT2D eigenvalue weighted by Gasteiger charge is 2.29. The first-order valence-electron chi connectivity index (χ1n) is 11.0. The quantitative estimate of drug-likeness (QED) is 0.566. The first-order valence-corrected chi connectivity index (χ1v) is 12.5. The summed E-state index contributed by atoms with van der Waals surface area (Å²) in [5, 5.41) is 5.62. The molecule has 1 fully saturated rings. The van der Waals surface area contributed by atoms with Crippen LogP contribution in [-0.4, -0.2) is 32.8 Å². The van der Waals surface area contributed by atoms with Crippen molar-refractivity contribution in [3.63, 3.8) is 0 Å². The summed E-state index contributed by atoms with van der Waals surface area (Å²) in [6.45, 7) is 4.01. The van der Waals surface area contributed by atoms with Crippen molar-refractivity contribution in [2.45, 2.75) is 50.5 Å². The normalized spacial score (nSPS) is 19.7. The molecule has 7 nitrogen and oxygen atoms in total. The summed E-state index contributed by atoms with van der Waals surface area (Å²) in [6.07, 6.45) is 2.88. The summed E-state index contributed by atoms with van der Waals surface area (Å²) in [5.74, 6) is -0.350. The number of nitrogens with one attached hydrogen (secondary N) is 3. The molecule has 0 heterocycles. The summed E-state index contributed by atoms with van der Waals surface area (Å²) < 4.78 is 27.4. The predicted octanol–water partition coefficient (Wildman–Crippen LogP) is 3.22. The van der Waals surface area contributed by atoms with E-state index in [1.807, 2.05) is 31.2 Å². The summed E-state index contributed by atoms with van der Waals surface area (Å²) in [4.78, 5) is 25.2. The molecule has 3 N–H and O–H groups in total. The zero-order chi connectivity index (χ0) is 23.1. The Hall–Kier alpha value is -2.71. The molecule has 1 aliphatic carbocycles. The van der Waals surface area contributed by atoms with Crippen LogP contribution < -0.4 is 15.4 Å². The Morgan fingerprint density at radius 2 is 1.59 bits per heavy atom. The van der Waals surface area contributed by atoms with E-state index in [1.54, 1.807) is 37.3 Å². The third kappa shape index (κ3) is 6.64. The van der Waals surface area contributed by atoms with Crippen LogP contribution in [0.3, 0.4) is 0 Å². The Labute approximate surface area is 190 Å². The lowest BCUT2D eigenvalue weighted by atomic mass is 9.81. The Balaban J connectivity index is 1.42. The second kappa shape index (κ2) is 10.7. The van der Waals surface area contributed by atoms with Gasteiger partial charge in [0.05, 0.1) is 4.90 Å². The first-order chi connectivity index (χ1) is 15.2. The Morgan fingerprint density at radius 3 is 2.22 bits per heavy atom. The molecule has 0 radical (unpaired) electrons. The summed E-state index contributed by atoms with van der Waals surface area (Å²) in [6, 6.07) is 15.1. The maximum atomic E-state index is 12.6. The maximum absolute atomic E-state index is 12.6. The fraction of sp³-hybridized carbons (Fsp3) is 0.417. The molecule has 0 bridgehead atoms. The van der Waals surface area contributed by atoms with E-state index >= 15 is 0 Å².